The van der Waals surface area contributed by atoms with Crippen molar-refractivity contribution in [2.45, 2.75) is 75.1 Å². The standard InChI is InChI=1S/C24H43N13O7/c1-10-19(40)34-15(9-30-16(38)5-11(27)3-2-4-25)22(43)33-14(7-26)21(42)37-18(13-6-17(39)36-24(29)35-13)23(44)31-8-12(28)20(41)32-10/h7,10-13,15,17-18,39H,2-6,8-9,25-28H2,1H3,(H,30,38)(H,31,44)(H,32,41)(H,33,43)(H,34,40)(H,37,42)(H3,29,35,36)/b14-7-/t10-,11-,12-,13?,15-,17+,18-/m0/s1. The number of nitrogens with two attached hydrogens (primary N) is 4. The fourth-order valence-electron chi connectivity index (χ4n) is 4.25. The van der Waals surface area contributed by atoms with Crippen molar-refractivity contribution in [3.8, 4) is 0 Å². The van der Waals surface area contributed by atoms with Crippen molar-refractivity contribution < 1.29 is 33.9 Å². The minimum atomic E-state index is -1.46. The number of aliphatic hydroxyl groups excluding tert-OH is 1. The van der Waals surface area contributed by atoms with E-state index >= 15 is 0 Å². The van der Waals surface area contributed by atoms with E-state index in [1.165, 1.54) is 6.92 Å². The molecule has 0 aliphatic carbocycles. The van der Waals surface area contributed by atoms with Crippen LogP contribution in [0.5, 0.6) is 0 Å². The van der Waals surface area contributed by atoms with Gasteiger partial charge in [-0.1, -0.05) is 0 Å². The number of aliphatic hydroxyl groups is 1. The van der Waals surface area contributed by atoms with E-state index in [-0.39, 0.29) is 18.8 Å². The lowest BCUT2D eigenvalue weighted by molar-refractivity contribution is -0.133. The molecule has 0 saturated carbocycles. The van der Waals surface area contributed by atoms with E-state index in [1.54, 1.807) is 0 Å². The number of guanidine groups is 1. The summed E-state index contributed by atoms with van der Waals surface area (Å²) in [4.78, 5) is 77.5. The molecule has 20 heteroatoms. The van der Waals surface area contributed by atoms with Gasteiger partial charge in [-0.2, -0.15) is 0 Å². The van der Waals surface area contributed by atoms with Gasteiger partial charge in [-0.15, -0.1) is 0 Å². The fourth-order valence-corrected chi connectivity index (χ4v) is 4.25. The van der Waals surface area contributed by atoms with Gasteiger partial charge >= 0.3 is 0 Å². The summed E-state index contributed by atoms with van der Waals surface area (Å²) >= 11 is 0. The maximum atomic E-state index is 13.2. The van der Waals surface area contributed by atoms with Gasteiger partial charge in [0.25, 0.3) is 5.91 Å². The van der Waals surface area contributed by atoms with Gasteiger partial charge < -0.3 is 70.6 Å². The van der Waals surface area contributed by atoms with Crippen molar-refractivity contribution in [3.63, 3.8) is 0 Å². The summed E-state index contributed by atoms with van der Waals surface area (Å²) in [6.07, 6.45) is 0.414. The van der Waals surface area contributed by atoms with Gasteiger partial charge in [0.05, 0.1) is 6.04 Å². The summed E-state index contributed by atoms with van der Waals surface area (Å²) < 4.78 is 0. The molecule has 2 fully saturated rings. The van der Waals surface area contributed by atoms with Gasteiger partial charge in [-0.05, 0) is 26.3 Å². The van der Waals surface area contributed by atoms with Crippen LogP contribution in [0.2, 0.25) is 0 Å². The first-order valence-electron chi connectivity index (χ1n) is 13.9. The number of amides is 6. The number of hydrogen-bond donors (Lipinski definition) is 14. The molecule has 18 N–H and O–H groups in total. The van der Waals surface area contributed by atoms with Crippen molar-refractivity contribution in [2.75, 3.05) is 19.6 Å². The Bertz CT molecular complexity index is 1130. The van der Waals surface area contributed by atoms with Crippen LogP contribution in [0.15, 0.2) is 11.9 Å². The Labute approximate surface area is 253 Å². The molecule has 0 aromatic heterocycles. The lowest BCUT2D eigenvalue weighted by Crippen LogP contribution is -2.66. The molecule has 0 radical (unpaired) electrons. The van der Waals surface area contributed by atoms with Crippen LogP contribution in [-0.4, -0.2) is 109 Å². The Hall–Kier alpha value is -4.53. The number of rotatable bonds is 8. The first kappa shape index (κ1) is 35.7. The van der Waals surface area contributed by atoms with Crippen molar-refractivity contribution in [3.05, 3.63) is 11.9 Å². The third kappa shape index (κ3) is 10.9. The second kappa shape index (κ2) is 16.9. The molecular formula is C24H43N13O7. The molecule has 6 amide bonds. The van der Waals surface area contributed by atoms with Crippen LogP contribution in [0.1, 0.15) is 32.6 Å². The molecule has 2 saturated heterocycles. The lowest BCUT2D eigenvalue weighted by atomic mass is 10.0. The van der Waals surface area contributed by atoms with Crippen LogP contribution in [0.25, 0.3) is 0 Å². The summed E-state index contributed by atoms with van der Waals surface area (Å²) in [7, 11) is 0. The van der Waals surface area contributed by atoms with Crippen LogP contribution >= 0.6 is 0 Å². The Morgan fingerprint density at radius 2 is 1.77 bits per heavy atom. The zero-order chi connectivity index (χ0) is 33.0. The molecule has 0 bridgehead atoms. The van der Waals surface area contributed by atoms with E-state index in [0.717, 1.165) is 6.20 Å². The molecule has 0 aromatic carbocycles. The summed E-state index contributed by atoms with van der Waals surface area (Å²) in [6.45, 7) is 0.890. The molecule has 246 valence electrons. The molecule has 2 heterocycles. The van der Waals surface area contributed by atoms with Crippen LogP contribution in [0.4, 0.5) is 0 Å². The minimum Gasteiger partial charge on any atom is -0.403 e. The predicted molar refractivity (Wildman–Crippen MR) is 155 cm³/mol. The normalized spacial score (nSPS) is 29.2. The molecule has 2 aliphatic heterocycles. The zero-order valence-corrected chi connectivity index (χ0v) is 24.3. The topological polar surface area (TPSA) is 347 Å². The van der Waals surface area contributed by atoms with Crippen LogP contribution < -0.4 is 65.5 Å². The monoisotopic (exact) mass is 625 g/mol. The zero-order valence-electron chi connectivity index (χ0n) is 24.3. The van der Waals surface area contributed by atoms with Crippen molar-refractivity contribution in [2.24, 2.45) is 22.9 Å². The average Bonchev–Trinajstić information content (AvgIpc) is 2.96. The summed E-state index contributed by atoms with van der Waals surface area (Å²) in [5, 5.41) is 37.3. The molecule has 2 rings (SSSR count). The Balaban J connectivity index is 2.33. The molecule has 2 aliphatic rings. The number of nitrogens with one attached hydrogen (secondary N) is 9. The molecule has 7 atom stereocenters. The van der Waals surface area contributed by atoms with Gasteiger partial charge in [0.2, 0.25) is 29.5 Å². The minimum absolute atomic E-state index is 0.0800. The number of carbonyl (C=O) groups is 6. The molecule has 0 aromatic rings. The van der Waals surface area contributed by atoms with Crippen LogP contribution in [0.3, 0.4) is 0 Å². The van der Waals surface area contributed by atoms with E-state index in [9.17, 15) is 33.9 Å². The van der Waals surface area contributed by atoms with Gasteiger partial charge in [-0.25, -0.2) is 0 Å². The lowest BCUT2D eigenvalue weighted by Gasteiger charge is -2.35. The van der Waals surface area contributed by atoms with Gasteiger partial charge in [-0.3, -0.25) is 34.2 Å². The van der Waals surface area contributed by atoms with Gasteiger partial charge in [0, 0.05) is 38.2 Å². The van der Waals surface area contributed by atoms with E-state index in [0.29, 0.717) is 19.4 Å². The van der Waals surface area contributed by atoms with Crippen molar-refractivity contribution >= 4 is 41.4 Å². The fraction of sp³-hybridized carbons (Fsp3) is 0.625. The maximum absolute atomic E-state index is 13.2. The summed E-state index contributed by atoms with van der Waals surface area (Å²) in [5.41, 5.74) is 22.4. The van der Waals surface area contributed by atoms with E-state index in [4.69, 9.17) is 28.3 Å². The number of hydrogen-bond acceptors (Lipinski definition) is 12. The first-order chi connectivity index (χ1) is 20.7. The third-order valence-electron chi connectivity index (χ3n) is 6.71. The van der Waals surface area contributed by atoms with E-state index in [2.05, 4.69) is 42.5 Å². The predicted octanol–water partition coefficient (Wildman–Crippen LogP) is -7.39. The molecule has 44 heavy (non-hydrogen) atoms. The van der Waals surface area contributed by atoms with Crippen molar-refractivity contribution in [1.29, 1.82) is 5.41 Å². The molecular weight excluding hydrogens is 582 g/mol. The first-order valence-corrected chi connectivity index (χ1v) is 13.9. The van der Waals surface area contributed by atoms with E-state index in [1.807, 2.05) is 0 Å². The highest BCUT2D eigenvalue weighted by molar-refractivity contribution is 6.02. The third-order valence-corrected chi connectivity index (χ3v) is 6.71. The summed E-state index contributed by atoms with van der Waals surface area (Å²) in [6, 6.07) is -6.95. The highest BCUT2D eigenvalue weighted by Gasteiger charge is 2.37. The molecule has 1 unspecified atom stereocenters. The smallest absolute Gasteiger partial charge is 0.270 e. The van der Waals surface area contributed by atoms with E-state index < -0.39 is 96.7 Å². The largest absolute Gasteiger partial charge is 0.403 e. The van der Waals surface area contributed by atoms with Gasteiger partial charge in [0.15, 0.2) is 5.96 Å². The summed E-state index contributed by atoms with van der Waals surface area (Å²) in [5.74, 6) is -5.32. The van der Waals surface area contributed by atoms with Gasteiger partial charge in [0.1, 0.15) is 36.1 Å². The highest BCUT2D eigenvalue weighted by atomic mass is 16.3. The maximum Gasteiger partial charge on any atom is 0.270 e. The quantitative estimate of drug-likeness (QED) is 0.112. The Morgan fingerprint density at radius 3 is 2.41 bits per heavy atom. The van der Waals surface area contributed by atoms with Crippen molar-refractivity contribution in [1.82, 2.24) is 42.5 Å². The number of carbonyl (C=O) groups excluding carboxylic acids is 6. The highest BCUT2D eigenvalue weighted by Crippen LogP contribution is 2.09. The second-order valence-corrected chi connectivity index (χ2v) is 10.4. The second-order valence-electron chi connectivity index (χ2n) is 10.4. The van der Waals surface area contributed by atoms with Crippen LogP contribution in [0, 0.1) is 5.41 Å². The average molecular weight is 626 g/mol. The SMILES string of the molecule is C[C@@H]1NC(=O)[C@@H](N)CNC(=O)[C@H](C2C[C@@H](O)NC(=N)N2)NC(=O)/C(=C/N)NC(=O)[C@H](CNC(=O)C[C@@H](N)CCCN)NC1=O. The Kier molecular flexibility index (Phi) is 13.7. The molecule has 20 nitrogen and oxygen atoms in total. The van der Waals surface area contributed by atoms with Crippen LogP contribution in [-0.2, 0) is 28.8 Å². The Morgan fingerprint density at radius 1 is 1.07 bits per heavy atom. The molecule has 0 spiro atoms.